The zero-order chi connectivity index (χ0) is 20.1. The first kappa shape index (κ1) is 20.0. The fourth-order valence-corrected chi connectivity index (χ4v) is 3.72. The molecular formula is C21H18ClNO4S. The number of nitrogens with zero attached hydrogens (tertiary/aromatic N) is 1. The minimum Gasteiger partial charge on any atom is -0.506 e. The van der Waals surface area contributed by atoms with Gasteiger partial charge in [-0.3, -0.25) is 0 Å². The molecule has 0 aliphatic carbocycles. The van der Waals surface area contributed by atoms with E-state index < -0.39 is 5.97 Å². The average molecular weight is 416 g/mol. The van der Waals surface area contributed by atoms with Crippen LogP contribution in [0.1, 0.15) is 12.5 Å². The van der Waals surface area contributed by atoms with Crippen molar-refractivity contribution in [2.24, 2.45) is 4.99 Å². The Morgan fingerprint density at radius 2 is 1.93 bits per heavy atom. The van der Waals surface area contributed by atoms with Crippen molar-refractivity contribution in [1.29, 1.82) is 0 Å². The summed E-state index contributed by atoms with van der Waals surface area (Å²) in [6, 6.07) is 14.3. The van der Waals surface area contributed by atoms with Crippen LogP contribution in [0, 0.1) is 0 Å². The summed E-state index contributed by atoms with van der Waals surface area (Å²) in [6.45, 7) is 1.90. The number of benzene rings is 2. The lowest BCUT2D eigenvalue weighted by molar-refractivity contribution is -0.138. The van der Waals surface area contributed by atoms with E-state index >= 15 is 0 Å². The number of esters is 1. The molecule has 1 aliphatic heterocycles. The molecule has 0 amide bonds. The molecule has 0 radical (unpaired) electrons. The van der Waals surface area contributed by atoms with E-state index in [-0.39, 0.29) is 17.9 Å². The molecule has 0 unspecified atom stereocenters. The van der Waals surface area contributed by atoms with Gasteiger partial charge in [0, 0.05) is 5.02 Å². The van der Waals surface area contributed by atoms with E-state index in [0.29, 0.717) is 26.4 Å². The monoisotopic (exact) mass is 415 g/mol. The number of aliphatic hydroxyl groups excluding tert-OH is 1. The number of halogens is 1. The third-order valence-electron chi connectivity index (χ3n) is 3.87. The molecule has 1 N–H and O–H groups in total. The standard InChI is InChI=1S/C21H18ClNO4S/c1-3-27-21(25)18-19(24)17(12-13-6-4-5-7-16(13)22)28-20(18)23-14-8-10-15(26-2)11-9-14/h4-12,24H,3H2,1-2H3/b17-12+,23-20?. The van der Waals surface area contributed by atoms with Crippen molar-refractivity contribution in [3.63, 3.8) is 0 Å². The summed E-state index contributed by atoms with van der Waals surface area (Å²) in [5.74, 6) is -0.0933. The van der Waals surface area contributed by atoms with E-state index in [1.807, 2.05) is 18.2 Å². The highest BCUT2D eigenvalue weighted by molar-refractivity contribution is 8.18. The summed E-state index contributed by atoms with van der Waals surface area (Å²) in [7, 11) is 1.58. The third kappa shape index (κ3) is 4.40. The number of hydrogen-bond acceptors (Lipinski definition) is 6. The zero-order valence-corrected chi connectivity index (χ0v) is 16.9. The number of carbonyl (C=O) groups is 1. The van der Waals surface area contributed by atoms with Crippen LogP contribution in [0.4, 0.5) is 5.69 Å². The highest BCUT2D eigenvalue weighted by atomic mass is 35.5. The van der Waals surface area contributed by atoms with E-state index in [1.54, 1.807) is 50.4 Å². The van der Waals surface area contributed by atoms with Gasteiger partial charge in [0.25, 0.3) is 0 Å². The topological polar surface area (TPSA) is 68.1 Å². The molecule has 0 atom stereocenters. The van der Waals surface area contributed by atoms with E-state index in [2.05, 4.69) is 4.99 Å². The van der Waals surface area contributed by atoms with E-state index in [0.717, 1.165) is 5.56 Å². The van der Waals surface area contributed by atoms with Gasteiger partial charge in [-0.15, -0.1) is 0 Å². The van der Waals surface area contributed by atoms with Crippen molar-refractivity contribution in [3.8, 4) is 5.75 Å². The SMILES string of the molecule is CCOC(=O)C1=C(O)/C(=C\c2ccccc2Cl)SC1=Nc1ccc(OC)cc1. The predicted molar refractivity (Wildman–Crippen MR) is 113 cm³/mol. The smallest absolute Gasteiger partial charge is 0.344 e. The lowest BCUT2D eigenvalue weighted by Crippen LogP contribution is -2.12. The normalized spacial score (nSPS) is 16.7. The number of ether oxygens (including phenoxy) is 2. The maximum Gasteiger partial charge on any atom is 0.344 e. The van der Waals surface area contributed by atoms with Crippen molar-refractivity contribution >= 4 is 46.1 Å². The molecule has 2 aromatic carbocycles. The van der Waals surface area contributed by atoms with Crippen LogP contribution in [-0.2, 0) is 9.53 Å². The second kappa shape index (κ2) is 8.99. The van der Waals surface area contributed by atoms with Crippen molar-refractivity contribution < 1.29 is 19.4 Å². The van der Waals surface area contributed by atoms with Gasteiger partial charge in [-0.2, -0.15) is 0 Å². The van der Waals surface area contributed by atoms with Crippen LogP contribution in [0.15, 0.2) is 69.8 Å². The minimum atomic E-state index is -0.623. The molecule has 2 aromatic rings. The lowest BCUT2D eigenvalue weighted by atomic mass is 10.1. The highest BCUT2D eigenvalue weighted by Gasteiger charge is 2.33. The Morgan fingerprint density at radius 1 is 1.21 bits per heavy atom. The predicted octanol–water partition coefficient (Wildman–Crippen LogP) is 5.54. The van der Waals surface area contributed by atoms with Gasteiger partial charge in [0.05, 0.1) is 24.3 Å². The Hall–Kier alpha value is -2.70. The quantitative estimate of drug-likeness (QED) is 0.649. The fraction of sp³-hybridized carbons (Fsp3) is 0.143. The van der Waals surface area contributed by atoms with E-state index in [1.165, 1.54) is 11.8 Å². The lowest BCUT2D eigenvalue weighted by Gasteiger charge is -2.04. The molecule has 0 saturated heterocycles. The average Bonchev–Trinajstić information content (AvgIpc) is 2.99. The maximum atomic E-state index is 12.4. The van der Waals surface area contributed by atoms with Gasteiger partial charge in [-0.05, 0) is 48.9 Å². The Bertz CT molecular complexity index is 980. The summed E-state index contributed by atoms with van der Waals surface area (Å²) in [5.41, 5.74) is 1.39. The van der Waals surface area contributed by atoms with E-state index in [9.17, 15) is 9.90 Å². The van der Waals surface area contributed by atoms with Crippen molar-refractivity contribution in [2.45, 2.75) is 6.92 Å². The summed E-state index contributed by atoms with van der Waals surface area (Å²) >= 11 is 7.39. The number of thioether (sulfide) groups is 1. The summed E-state index contributed by atoms with van der Waals surface area (Å²) < 4.78 is 10.2. The fourth-order valence-electron chi connectivity index (χ4n) is 2.50. The van der Waals surface area contributed by atoms with Crippen LogP contribution in [0.2, 0.25) is 5.02 Å². The molecule has 3 rings (SSSR count). The number of methoxy groups -OCH3 is 1. The van der Waals surface area contributed by atoms with Gasteiger partial charge in [0.15, 0.2) is 0 Å². The van der Waals surface area contributed by atoms with Crippen LogP contribution in [0.3, 0.4) is 0 Å². The molecular weight excluding hydrogens is 398 g/mol. The van der Waals surface area contributed by atoms with Crippen molar-refractivity contribution in [3.05, 3.63) is 75.4 Å². The molecule has 7 heteroatoms. The summed E-state index contributed by atoms with van der Waals surface area (Å²) in [5, 5.41) is 11.6. The summed E-state index contributed by atoms with van der Waals surface area (Å²) in [6.07, 6.45) is 1.72. The second-order valence-corrected chi connectivity index (χ2v) is 7.13. The zero-order valence-electron chi connectivity index (χ0n) is 15.3. The first-order valence-electron chi connectivity index (χ1n) is 8.51. The van der Waals surface area contributed by atoms with Crippen LogP contribution >= 0.6 is 23.4 Å². The van der Waals surface area contributed by atoms with Gasteiger partial charge in [0.1, 0.15) is 22.1 Å². The first-order chi connectivity index (χ1) is 13.5. The molecule has 1 heterocycles. The van der Waals surface area contributed by atoms with Crippen LogP contribution in [0.5, 0.6) is 5.75 Å². The van der Waals surface area contributed by atoms with Crippen LogP contribution in [0.25, 0.3) is 6.08 Å². The Balaban J connectivity index is 2.03. The van der Waals surface area contributed by atoms with Gasteiger partial charge in [-0.1, -0.05) is 41.6 Å². The van der Waals surface area contributed by atoms with Crippen molar-refractivity contribution in [2.75, 3.05) is 13.7 Å². The molecule has 0 bridgehead atoms. The molecule has 0 fully saturated rings. The molecule has 0 aromatic heterocycles. The summed E-state index contributed by atoms with van der Waals surface area (Å²) in [4.78, 5) is 17.4. The van der Waals surface area contributed by atoms with Gasteiger partial charge in [-0.25, -0.2) is 9.79 Å². The molecule has 28 heavy (non-hydrogen) atoms. The van der Waals surface area contributed by atoms with Gasteiger partial charge < -0.3 is 14.6 Å². The number of rotatable bonds is 5. The maximum absolute atomic E-state index is 12.4. The van der Waals surface area contributed by atoms with Crippen LogP contribution < -0.4 is 4.74 Å². The second-order valence-electron chi connectivity index (χ2n) is 5.69. The number of hydrogen-bond donors (Lipinski definition) is 1. The molecule has 5 nitrogen and oxygen atoms in total. The first-order valence-corrected chi connectivity index (χ1v) is 9.70. The van der Waals surface area contributed by atoms with Crippen molar-refractivity contribution in [1.82, 2.24) is 0 Å². The van der Waals surface area contributed by atoms with Gasteiger partial charge in [0.2, 0.25) is 0 Å². The number of carbonyl (C=O) groups excluding carboxylic acids is 1. The molecule has 144 valence electrons. The number of aliphatic hydroxyl groups is 1. The Kier molecular flexibility index (Phi) is 6.44. The van der Waals surface area contributed by atoms with Gasteiger partial charge >= 0.3 is 5.97 Å². The molecule has 0 spiro atoms. The van der Waals surface area contributed by atoms with E-state index in [4.69, 9.17) is 21.1 Å². The Morgan fingerprint density at radius 3 is 2.57 bits per heavy atom. The largest absolute Gasteiger partial charge is 0.506 e. The molecule has 1 aliphatic rings. The highest BCUT2D eigenvalue weighted by Crippen LogP contribution is 2.40. The minimum absolute atomic E-state index is 0.0426. The number of aliphatic imine (C=N–C) groups is 1. The molecule has 0 saturated carbocycles. The third-order valence-corrected chi connectivity index (χ3v) is 5.23. The van der Waals surface area contributed by atoms with Crippen LogP contribution in [-0.4, -0.2) is 29.8 Å². The Labute approximate surface area is 172 Å².